The Balaban J connectivity index is 2.96. The summed E-state index contributed by atoms with van der Waals surface area (Å²) in [5, 5.41) is 0. The Bertz CT molecular complexity index is 355. The quantitative estimate of drug-likeness (QED) is 0.584. The van der Waals surface area contributed by atoms with Crippen LogP contribution in [0.25, 0.3) is 0 Å². The number of ether oxygens (including phenoxy) is 1. The summed E-state index contributed by atoms with van der Waals surface area (Å²) in [6, 6.07) is 3.30. The van der Waals surface area contributed by atoms with Crippen molar-refractivity contribution in [1.82, 2.24) is 0 Å². The van der Waals surface area contributed by atoms with Gasteiger partial charge in [-0.15, -0.1) is 0 Å². The van der Waals surface area contributed by atoms with Crippen LogP contribution in [-0.4, -0.2) is 13.1 Å². The van der Waals surface area contributed by atoms with Crippen molar-refractivity contribution in [2.75, 3.05) is 12.8 Å². The molecule has 0 radical (unpaired) electrons. The maximum absolute atomic E-state index is 13.2. The first-order valence-corrected chi connectivity index (χ1v) is 3.83. The number of halogens is 2. The number of methoxy groups -OCH3 is 1. The molecule has 0 amide bonds. The number of hydrogen-bond acceptors (Lipinski definition) is 3. The van der Waals surface area contributed by atoms with E-state index in [-0.39, 0.29) is 11.3 Å². The zero-order valence-corrected chi connectivity index (χ0v) is 7.46. The third-order valence-corrected chi connectivity index (χ3v) is 1.73. The molecule has 1 aromatic carbocycles. The lowest BCUT2D eigenvalue weighted by molar-refractivity contribution is -0.146. The minimum Gasteiger partial charge on any atom is -0.467 e. The molecule has 0 aromatic heterocycles. The molecule has 0 spiro atoms. The maximum atomic E-state index is 13.2. The Morgan fingerprint density at radius 3 is 2.71 bits per heavy atom. The van der Waals surface area contributed by atoms with Crippen molar-refractivity contribution in [2.24, 2.45) is 0 Å². The highest BCUT2D eigenvalue weighted by Gasteiger charge is 2.20. The van der Waals surface area contributed by atoms with E-state index in [2.05, 4.69) is 4.74 Å². The van der Waals surface area contributed by atoms with Gasteiger partial charge in [-0.1, -0.05) is 6.07 Å². The Morgan fingerprint density at radius 1 is 1.57 bits per heavy atom. The predicted octanol–water partition coefficient (Wildman–Crippen LogP) is 1.59. The van der Waals surface area contributed by atoms with Crippen LogP contribution < -0.4 is 5.73 Å². The summed E-state index contributed by atoms with van der Waals surface area (Å²) in [5.41, 5.74) is 4.98. The number of anilines is 1. The van der Waals surface area contributed by atoms with E-state index >= 15 is 0 Å². The highest BCUT2D eigenvalue weighted by Crippen LogP contribution is 2.22. The number of esters is 1. The van der Waals surface area contributed by atoms with Gasteiger partial charge in [0.25, 0.3) is 0 Å². The zero-order valence-electron chi connectivity index (χ0n) is 7.46. The van der Waals surface area contributed by atoms with Gasteiger partial charge in [0.15, 0.2) is 0 Å². The molecule has 0 saturated carbocycles. The predicted molar refractivity (Wildman–Crippen MR) is 46.7 cm³/mol. The molecular weight excluding hydrogens is 192 g/mol. The fraction of sp³-hybridized carbons (Fsp3) is 0.222. The maximum Gasteiger partial charge on any atom is 0.345 e. The van der Waals surface area contributed by atoms with Gasteiger partial charge in [0.1, 0.15) is 5.82 Å². The zero-order chi connectivity index (χ0) is 10.7. The molecule has 0 fully saturated rings. The van der Waals surface area contributed by atoms with Gasteiger partial charge in [-0.2, -0.15) is 0 Å². The molecule has 0 aliphatic carbocycles. The van der Waals surface area contributed by atoms with E-state index in [9.17, 15) is 13.6 Å². The van der Waals surface area contributed by atoms with E-state index in [1.807, 2.05) is 0 Å². The lowest BCUT2D eigenvalue weighted by Crippen LogP contribution is -2.10. The van der Waals surface area contributed by atoms with E-state index < -0.39 is 18.0 Å². The van der Waals surface area contributed by atoms with Crippen molar-refractivity contribution in [3.63, 3.8) is 0 Å². The SMILES string of the molecule is COC(=O)C(F)c1ccc(N)c(F)c1. The molecule has 2 N–H and O–H groups in total. The summed E-state index contributed by atoms with van der Waals surface area (Å²) in [5.74, 6) is -1.82. The van der Waals surface area contributed by atoms with Gasteiger partial charge in [-0.05, 0) is 12.1 Å². The molecule has 76 valence electrons. The van der Waals surface area contributed by atoms with E-state index in [0.29, 0.717) is 0 Å². The summed E-state index contributed by atoms with van der Waals surface area (Å²) in [6.45, 7) is 0. The van der Waals surface area contributed by atoms with E-state index in [4.69, 9.17) is 5.73 Å². The van der Waals surface area contributed by atoms with E-state index in [1.165, 1.54) is 12.1 Å². The Labute approximate surface area is 79.5 Å². The number of hydrogen-bond donors (Lipinski definition) is 1. The second-order valence-electron chi connectivity index (χ2n) is 2.67. The van der Waals surface area contributed by atoms with Crippen molar-refractivity contribution in [3.05, 3.63) is 29.6 Å². The van der Waals surface area contributed by atoms with Crippen LogP contribution in [0.2, 0.25) is 0 Å². The molecule has 14 heavy (non-hydrogen) atoms. The lowest BCUT2D eigenvalue weighted by Gasteiger charge is -2.06. The third kappa shape index (κ3) is 1.99. The molecule has 0 aliphatic rings. The minimum absolute atomic E-state index is 0.0918. The molecule has 1 atom stereocenters. The molecule has 1 rings (SSSR count). The second-order valence-corrected chi connectivity index (χ2v) is 2.67. The Morgan fingerprint density at radius 2 is 2.21 bits per heavy atom. The number of rotatable bonds is 2. The fourth-order valence-electron chi connectivity index (χ4n) is 0.941. The number of carbonyl (C=O) groups is 1. The average Bonchev–Trinajstić information content (AvgIpc) is 2.20. The van der Waals surface area contributed by atoms with Crippen LogP contribution in [0.4, 0.5) is 14.5 Å². The minimum atomic E-state index is -1.98. The van der Waals surface area contributed by atoms with Crippen molar-refractivity contribution in [2.45, 2.75) is 6.17 Å². The molecule has 0 saturated heterocycles. The monoisotopic (exact) mass is 201 g/mol. The summed E-state index contributed by atoms with van der Waals surface area (Å²) < 4.78 is 30.2. The molecule has 1 aromatic rings. The van der Waals surface area contributed by atoms with Crippen molar-refractivity contribution in [3.8, 4) is 0 Å². The first-order valence-electron chi connectivity index (χ1n) is 3.83. The number of benzene rings is 1. The Kier molecular flexibility index (Phi) is 3.01. The van der Waals surface area contributed by atoms with Gasteiger partial charge < -0.3 is 10.5 Å². The van der Waals surface area contributed by atoms with Gasteiger partial charge >= 0.3 is 5.97 Å². The molecule has 0 bridgehead atoms. The first kappa shape index (κ1) is 10.4. The summed E-state index contributed by atoms with van der Waals surface area (Å²) in [6.07, 6.45) is -1.98. The van der Waals surface area contributed by atoms with Crippen LogP contribution in [0.15, 0.2) is 18.2 Å². The summed E-state index contributed by atoms with van der Waals surface area (Å²) >= 11 is 0. The Hall–Kier alpha value is -1.65. The molecule has 0 heterocycles. The molecule has 5 heteroatoms. The molecule has 3 nitrogen and oxygen atoms in total. The highest BCUT2D eigenvalue weighted by molar-refractivity contribution is 5.76. The van der Waals surface area contributed by atoms with Gasteiger partial charge in [-0.25, -0.2) is 13.6 Å². The number of alkyl halides is 1. The van der Waals surface area contributed by atoms with Crippen molar-refractivity contribution < 1.29 is 18.3 Å². The fourth-order valence-corrected chi connectivity index (χ4v) is 0.941. The van der Waals surface area contributed by atoms with Crippen molar-refractivity contribution >= 4 is 11.7 Å². The molecule has 1 unspecified atom stereocenters. The topological polar surface area (TPSA) is 52.3 Å². The largest absolute Gasteiger partial charge is 0.467 e. The van der Waals surface area contributed by atoms with E-state index in [1.54, 1.807) is 0 Å². The molecule has 0 aliphatic heterocycles. The average molecular weight is 201 g/mol. The van der Waals surface area contributed by atoms with Crippen LogP contribution >= 0.6 is 0 Å². The first-order chi connectivity index (χ1) is 6.56. The lowest BCUT2D eigenvalue weighted by atomic mass is 10.1. The van der Waals surface area contributed by atoms with Gasteiger partial charge in [0.2, 0.25) is 6.17 Å². The van der Waals surface area contributed by atoms with Crippen LogP contribution in [0, 0.1) is 5.82 Å². The van der Waals surface area contributed by atoms with Crippen LogP contribution in [0.1, 0.15) is 11.7 Å². The number of carbonyl (C=O) groups excluding carboxylic acids is 1. The van der Waals surface area contributed by atoms with Gasteiger partial charge in [0.05, 0.1) is 12.8 Å². The number of nitrogen functional groups attached to an aromatic ring is 1. The van der Waals surface area contributed by atoms with Crippen molar-refractivity contribution in [1.29, 1.82) is 0 Å². The second kappa shape index (κ2) is 4.04. The summed E-state index contributed by atoms with van der Waals surface area (Å²) in [4.78, 5) is 10.8. The molecular formula is C9H9F2NO2. The standard InChI is InChI=1S/C9H9F2NO2/c1-14-9(13)8(11)5-2-3-7(12)6(10)4-5/h2-4,8H,12H2,1H3. The smallest absolute Gasteiger partial charge is 0.345 e. The summed E-state index contributed by atoms with van der Waals surface area (Å²) in [7, 11) is 1.06. The normalized spacial score (nSPS) is 12.2. The van der Waals surface area contributed by atoms with Gasteiger partial charge in [-0.3, -0.25) is 0 Å². The van der Waals surface area contributed by atoms with Crippen LogP contribution in [-0.2, 0) is 9.53 Å². The highest BCUT2D eigenvalue weighted by atomic mass is 19.1. The van der Waals surface area contributed by atoms with Crippen LogP contribution in [0.3, 0.4) is 0 Å². The number of nitrogens with two attached hydrogens (primary N) is 1. The van der Waals surface area contributed by atoms with Gasteiger partial charge in [0, 0.05) is 5.56 Å². The van der Waals surface area contributed by atoms with Crippen LogP contribution in [0.5, 0.6) is 0 Å². The third-order valence-electron chi connectivity index (χ3n) is 1.73. The van der Waals surface area contributed by atoms with E-state index in [0.717, 1.165) is 13.2 Å².